The Morgan fingerprint density at radius 1 is 1.50 bits per heavy atom. The first kappa shape index (κ1) is 11.9. The third-order valence-electron chi connectivity index (χ3n) is 3.20. The smallest absolute Gasteiger partial charge is 0.0570 e. The lowest BCUT2D eigenvalue weighted by Crippen LogP contribution is -2.40. The van der Waals surface area contributed by atoms with Gasteiger partial charge in [-0.15, -0.1) is 0 Å². The maximum absolute atomic E-state index is 4.40. The molecular weight excluding hydrogens is 216 g/mol. The molecule has 2 nitrogen and oxygen atoms in total. The second-order valence-corrected chi connectivity index (χ2v) is 5.95. The molecule has 3 atom stereocenters. The minimum Gasteiger partial charge on any atom is -0.305 e. The fourth-order valence-corrected chi connectivity index (χ4v) is 3.33. The van der Waals surface area contributed by atoms with Crippen molar-refractivity contribution >= 4 is 11.8 Å². The molecular formula is C13H20N2S. The molecule has 1 aliphatic heterocycles. The molecule has 1 N–H and O–H groups in total. The number of hydrogen-bond donors (Lipinski definition) is 1. The Balaban J connectivity index is 1.94. The largest absolute Gasteiger partial charge is 0.305 e. The summed E-state index contributed by atoms with van der Waals surface area (Å²) in [6, 6.07) is 7.11. The highest BCUT2D eigenvalue weighted by Gasteiger charge is 2.23. The van der Waals surface area contributed by atoms with Gasteiger partial charge in [0.25, 0.3) is 0 Å². The van der Waals surface area contributed by atoms with Crippen molar-refractivity contribution in [3.8, 4) is 0 Å². The van der Waals surface area contributed by atoms with E-state index in [1.165, 1.54) is 18.6 Å². The summed E-state index contributed by atoms with van der Waals surface area (Å²) in [6.07, 6.45) is 4.50. The van der Waals surface area contributed by atoms with E-state index in [-0.39, 0.29) is 0 Å². The van der Waals surface area contributed by atoms with Crippen LogP contribution in [0.3, 0.4) is 0 Å². The van der Waals surface area contributed by atoms with Gasteiger partial charge in [0.1, 0.15) is 0 Å². The number of nitrogens with zero attached hydrogens (tertiary/aromatic N) is 1. The topological polar surface area (TPSA) is 24.9 Å². The van der Waals surface area contributed by atoms with Crippen molar-refractivity contribution in [3.63, 3.8) is 0 Å². The molecule has 1 aromatic heterocycles. The van der Waals surface area contributed by atoms with E-state index in [1.807, 2.05) is 12.3 Å². The highest BCUT2D eigenvalue weighted by molar-refractivity contribution is 7.99. The van der Waals surface area contributed by atoms with Gasteiger partial charge in [-0.3, -0.25) is 4.98 Å². The minimum absolute atomic E-state index is 0.354. The maximum atomic E-state index is 4.40. The minimum atomic E-state index is 0.354. The van der Waals surface area contributed by atoms with Crippen molar-refractivity contribution in [1.82, 2.24) is 10.3 Å². The highest BCUT2D eigenvalue weighted by atomic mass is 32.2. The van der Waals surface area contributed by atoms with Crippen molar-refractivity contribution in [1.29, 1.82) is 0 Å². The summed E-state index contributed by atoms with van der Waals surface area (Å²) in [5.74, 6) is 1.32. The molecule has 2 heterocycles. The Morgan fingerprint density at radius 2 is 2.38 bits per heavy atom. The summed E-state index contributed by atoms with van der Waals surface area (Å²) in [6.45, 7) is 4.53. The fraction of sp³-hybridized carbons (Fsp3) is 0.615. The van der Waals surface area contributed by atoms with Gasteiger partial charge < -0.3 is 5.32 Å². The maximum Gasteiger partial charge on any atom is 0.0570 e. The van der Waals surface area contributed by atoms with Crippen LogP contribution >= 0.6 is 11.8 Å². The van der Waals surface area contributed by atoms with Crippen LogP contribution in [0.5, 0.6) is 0 Å². The van der Waals surface area contributed by atoms with Crippen LogP contribution in [0.25, 0.3) is 0 Å². The molecule has 0 aromatic carbocycles. The van der Waals surface area contributed by atoms with E-state index in [0.717, 1.165) is 10.9 Å². The second-order valence-electron chi connectivity index (χ2n) is 4.47. The third-order valence-corrected chi connectivity index (χ3v) is 4.58. The zero-order chi connectivity index (χ0) is 11.4. The van der Waals surface area contributed by atoms with Gasteiger partial charge in [-0.2, -0.15) is 11.8 Å². The quantitative estimate of drug-likeness (QED) is 0.873. The number of pyridine rings is 1. The first-order valence-electron chi connectivity index (χ1n) is 6.06. The van der Waals surface area contributed by atoms with Crippen LogP contribution in [0, 0.1) is 0 Å². The van der Waals surface area contributed by atoms with Gasteiger partial charge in [-0.05, 0) is 37.7 Å². The summed E-state index contributed by atoms with van der Waals surface area (Å²) in [5.41, 5.74) is 1.14. The summed E-state index contributed by atoms with van der Waals surface area (Å²) in [5, 5.41) is 4.42. The molecule has 1 saturated heterocycles. The van der Waals surface area contributed by atoms with Gasteiger partial charge in [-0.25, -0.2) is 0 Å². The molecule has 2 unspecified atom stereocenters. The van der Waals surface area contributed by atoms with E-state index < -0.39 is 0 Å². The van der Waals surface area contributed by atoms with Crippen molar-refractivity contribution < 1.29 is 0 Å². The molecule has 1 fully saturated rings. The molecule has 1 aromatic rings. The molecule has 0 saturated carbocycles. The summed E-state index contributed by atoms with van der Waals surface area (Å²) >= 11 is 2.08. The van der Waals surface area contributed by atoms with Crippen LogP contribution in [-0.4, -0.2) is 22.0 Å². The molecule has 0 aliphatic carbocycles. The van der Waals surface area contributed by atoms with Crippen molar-refractivity contribution in [3.05, 3.63) is 30.1 Å². The van der Waals surface area contributed by atoms with Gasteiger partial charge in [-0.1, -0.05) is 13.0 Å². The average Bonchev–Trinajstić information content (AvgIpc) is 2.33. The van der Waals surface area contributed by atoms with Gasteiger partial charge >= 0.3 is 0 Å². The molecule has 0 bridgehead atoms. The first-order valence-corrected chi connectivity index (χ1v) is 7.11. The van der Waals surface area contributed by atoms with E-state index in [0.29, 0.717) is 12.1 Å². The third kappa shape index (κ3) is 2.98. The number of aromatic nitrogens is 1. The normalized spacial score (nSPS) is 27.6. The van der Waals surface area contributed by atoms with Crippen LogP contribution in [0.15, 0.2) is 24.4 Å². The predicted molar refractivity (Wildman–Crippen MR) is 70.7 cm³/mol. The molecule has 3 heteroatoms. The predicted octanol–water partition coefficient (Wildman–Crippen LogP) is 3.02. The number of hydrogen-bond acceptors (Lipinski definition) is 3. The summed E-state index contributed by atoms with van der Waals surface area (Å²) in [7, 11) is 0. The zero-order valence-corrected chi connectivity index (χ0v) is 10.8. The molecule has 0 amide bonds. The van der Waals surface area contributed by atoms with Crippen LogP contribution in [0.1, 0.15) is 38.4 Å². The molecule has 2 rings (SSSR count). The molecule has 1 aliphatic rings. The first-order chi connectivity index (χ1) is 7.77. The second kappa shape index (κ2) is 5.69. The Hall–Kier alpha value is -0.540. The van der Waals surface area contributed by atoms with E-state index in [9.17, 15) is 0 Å². The van der Waals surface area contributed by atoms with Crippen LogP contribution < -0.4 is 5.32 Å². The Morgan fingerprint density at radius 3 is 3.06 bits per heavy atom. The van der Waals surface area contributed by atoms with E-state index >= 15 is 0 Å². The monoisotopic (exact) mass is 236 g/mol. The number of nitrogens with one attached hydrogen (secondary N) is 1. The number of thioether (sulfide) groups is 1. The molecule has 0 spiro atoms. The zero-order valence-electron chi connectivity index (χ0n) is 10.0. The van der Waals surface area contributed by atoms with Crippen molar-refractivity contribution in [2.75, 3.05) is 5.75 Å². The summed E-state index contributed by atoms with van der Waals surface area (Å²) < 4.78 is 0. The standard InChI is InChI=1S/C13H20N2S/c1-10(12-6-3-4-8-14-12)15-13-7-5-9-16-11(13)2/h3-4,6,8,10-11,13,15H,5,7,9H2,1-2H3/t10-,11?,13?/m0/s1. The van der Waals surface area contributed by atoms with Gasteiger partial charge in [0.05, 0.1) is 5.69 Å². The van der Waals surface area contributed by atoms with Crippen molar-refractivity contribution in [2.24, 2.45) is 0 Å². The molecule has 16 heavy (non-hydrogen) atoms. The van der Waals surface area contributed by atoms with E-state index in [4.69, 9.17) is 0 Å². The lowest BCUT2D eigenvalue weighted by atomic mass is 10.1. The van der Waals surface area contributed by atoms with E-state index in [1.54, 1.807) is 0 Å². The van der Waals surface area contributed by atoms with Gasteiger partial charge in [0, 0.05) is 23.5 Å². The Bertz CT molecular complexity index is 315. The highest BCUT2D eigenvalue weighted by Crippen LogP contribution is 2.26. The van der Waals surface area contributed by atoms with Crippen LogP contribution in [0.2, 0.25) is 0 Å². The van der Waals surface area contributed by atoms with Gasteiger partial charge in [0.2, 0.25) is 0 Å². The lowest BCUT2D eigenvalue weighted by Gasteiger charge is -2.31. The van der Waals surface area contributed by atoms with Crippen LogP contribution in [0.4, 0.5) is 0 Å². The SMILES string of the molecule is CC1SCCCC1N[C@@H](C)c1ccccn1. The summed E-state index contributed by atoms with van der Waals surface area (Å²) in [4.78, 5) is 4.40. The lowest BCUT2D eigenvalue weighted by molar-refractivity contribution is 0.413. The van der Waals surface area contributed by atoms with E-state index in [2.05, 4.69) is 48.0 Å². The molecule has 88 valence electrons. The van der Waals surface area contributed by atoms with Gasteiger partial charge in [0.15, 0.2) is 0 Å². The van der Waals surface area contributed by atoms with Crippen molar-refractivity contribution in [2.45, 2.75) is 44.0 Å². The Labute approximate surface area is 102 Å². The fourth-order valence-electron chi connectivity index (χ4n) is 2.18. The van der Waals surface area contributed by atoms with Crippen LogP contribution in [-0.2, 0) is 0 Å². The number of rotatable bonds is 3. The molecule has 0 radical (unpaired) electrons. The Kier molecular flexibility index (Phi) is 4.24. The average molecular weight is 236 g/mol.